The maximum atomic E-state index is 11.8. The summed E-state index contributed by atoms with van der Waals surface area (Å²) in [4.78, 5) is 23.5. The van der Waals surface area contributed by atoms with Crippen LogP contribution in [0.1, 0.15) is 5.76 Å². The number of rotatable bonds is 8. The van der Waals surface area contributed by atoms with Crippen molar-refractivity contribution >= 4 is 11.8 Å². The lowest BCUT2D eigenvalue weighted by Crippen LogP contribution is -2.38. The number of carbonyl (C=O) groups is 2. The molecule has 0 aliphatic rings. The summed E-state index contributed by atoms with van der Waals surface area (Å²) in [7, 11) is 0. The van der Waals surface area contributed by atoms with Crippen LogP contribution in [-0.4, -0.2) is 25.0 Å². The number of hydrogen-bond donors (Lipinski definition) is 2. The van der Waals surface area contributed by atoms with Crippen LogP contribution < -0.4 is 15.4 Å². The number of nitrogens with one attached hydrogen (secondary N) is 2. The minimum Gasteiger partial charge on any atom is -0.484 e. The van der Waals surface area contributed by atoms with Crippen LogP contribution in [0.4, 0.5) is 0 Å². The maximum absolute atomic E-state index is 11.8. The molecule has 0 saturated carbocycles. The highest BCUT2D eigenvalue weighted by Crippen LogP contribution is 2.21. The van der Waals surface area contributed by atoms with Crippen molar-refractivity contribution < 1.29 is 18.7 Å². The summed E-state index contributed by atoms with van der Waals surface area (Å²) in [6.45, 7) is 0.0119. The van der Waals surface area contributed by atoms with Crippen LogP contribution in [0, 0.1) is 0 Å². The highest BCUT2D eigenvalue weighted by Gasteiger charge is 2.07. The third-order valence-electron chi connectivity index (χ3n) is 3.82. The molecule has 0 radical (unpaired) electrons. The second-order valence-electron chi connectivity index (χ2n) is 5.81. The van der Waals surface area contributed by atoms with Crippen molar-refractivity contribution in [3.05, 3.63) is 78.8 Å². The molecule has 2 aromatic carbocycles. The Morgan fingerprint density at radius 1 is 0.815 bits per heavy atom. The number of hydrogen-bond acceptors (Lipinski definition) is 4. The molecule has 0 aliphatic heterocycles. The van der Waals surface area contributed by atoms with Gasteiger partial charge in [-0.3, -0.25) is 9.59 Å². The number of carbonyl (C=O) groups excluding carboxylic acids is 2. The third-order valence-corrected chi connectivity index (χ3v) is 3.82. The van der Waals surface area contributed by atoms with Gasteiger partial charge in [-0.25, -0.2) is 0 Å². The van der Waals surface area contributed by atoms with Gasteiger partial charge in [0.1, 0.15) is 11.5 Å². The van der Waals surface area contributed by atoms with Gasteiger partial charge in [0.15, 0.2) is 6.61 Å². The van der Waals surface area contributed by atoms with E-state index >= 15 is 0 Å². The molecule has 27 heavy (non-hydrogen) atoms. The van der Waals surface area contributed by atoms with E-state index in [9.17, 15) is 9.59 Å². The second-order valence-corrected chi connectivity index (χ2v) is 5.81. The van der Waals surface area contributed by atoms with Gasteiger partial charge in [0.2, 0.25) is 5.91 Å². The zero-order valence-electron chi connectivity index (χ0n) is 14.7. The standard InChI is InChI=1S/C21H20N2O4/c24-20(22-13-19-7-4-12-26-19)14-23-21(25)15-27-18-10-8-17(9-11-18)16-5-2-1-3-6-16/h1-12H,13-15H2,(H,22,24)(H,23,25). The number of benzene rings is 2. The summed E-state index contributed by atoms with van der Waals surface area (Å²) in [5, 5.41) is 5.16. The Labute approximate surface area is 157 Å². The summed E-state index contributed by atoms with van der Waals surface area (Å²) < 4.78 is 10.6. The lowest BCUT2D eigenvalue weighted by molar-refractivity contribution is -0.127. The van der Waals surface area contributed by atoms with E-state index < -0.39 is 0 Å². The van der Waals surface area contributed by atoms with Gasteiger partial charge in [-0.2, -0.15) is 0 Å². The quantitative estimate of drug-likeness (QED) is 0.644. The molecule has 3 aromatic rings. The van der Waals surface area contributed by atoms with E-state index in [2.05, 4.69) is 10.6 Å². The Bertz CT molecular complexity index is 859. The average Bonchev–Trinajstić information content (AvgIpc) is 3.24. The predicted molar refractivity (Wildman–Crippen MR) is 101 cm³/mol. The second kappa shape index (κ2) is 9.24. The molecule has 0 aliphatic carbocycles. The normalized spacial score (nSPS) is 10.2. The molecule has 2 amide bonds. The fraction of sp³-hybridized carbons (Fsp3) is 0.143. The van der Waals surface area contributed by atoms with Crippen molar-refractivity contribution in [1.29, 1.82) is 0 Å². The minimum atomic E-state index is -0.365. The zero-order chi connectivity index (χ0) is 18.9. The van der Waals surface area contributed by atoms with E-state index in [1.54, 1.807) is 12.1 Å². The van der Waals surface area contributed by atoms with Crippen molar-refractivity contribution in [2.45, 2.75) is 6.54 Å². The van der Waals surface area contributed by atoms with Gasteiger partial charge in [-0.15, -0.1) is 0 Å². The zero-order valence-corrected chi connectivity index (χ0v) is 14.7. The Kier molecular flexibility index (Phi) is 6.25. The fourth-order valence-corrected chi connectivity index (χ4v) is 2.41. The van der Waals surface area contributed by atoms with Gasteiger partial charge >= 0.3 is 0 Å². The highest BCUT2D eigenvalue weighted by atomic mass is 16.5. The van der Waals surface area contributed by atoms with E-state index in [4.69, 9.17) is 9.15 Å². The van der Waals surface area contributed by atoms with E-state index in [1.165, 1.54) is 6.26 Å². The van der Waals surface area contributed by atoms with Crippen LogP contribution >= 0.6 is 0 Å². The third kappa shape index (κ3) is 5.74. The molecule has 6 nitrogen and oxygen atoms in total. The van der Waals surface area contributed by atoms with E-state index in [0.29, 0.717) is 11.5 Å². The van der Waals surface area contributed by atoms with E-state index in [1.807, 2.05) is 54.6 Å². The first-order valence-electron chi connectivity index (χ1n) is 8.55. The van der Waals surface area contributed by atoms with Gasteiger partial charge < -0.3 is 19.8 Å². The van der Waals surface area contributed by atoms with Gasteiger partial charge in [0, 0.05) is 0 Å². The summed E-state index contributed by atoms with van der Waals surface area (Å²) in [5.74, 6) is 0.575. The van der Waals surface area contributed by atoms with Gasteiger partial charge in [0.25, 0.3) is 5.91 Å². The molecule has 0 unspecified atom stereocenters. The van der Waals surface area contributed by atoms with Crippen molar-refractivity contribution in [2.75, 3.05) is 13.2 Å². The molecule has 2 N–H and O–H groups in total. The summed E-state index contributed by atoms with van der Waals surface area (Å²) in [5.41, 5.74) is 2.18. The van der Waals surface area contributed by atoms with Crippen LogP contribution in [0.25, 0.3) is 11.1 Å². The van der Waals surface area contributed by atoms with Crippen LogP contribution in [-0.2, 0) is 16.1 Å². The first kappa shape index (κ1) is 18.3. The van der Waals surface area contributed by atoms with Crippen molar-refractivity contribution in [1.82, 2.24) is 10.6 Å². The Morgan fingerprint density at radius 2 is 1.56 bits per heavy atom. The molecular weight excluding hydrogens is 344 g/mol. The molecule has 0 fully saturated rings. The van der Waals surface area contributed by atoms with Gasteiger partial charge in [-0.05, 0) is 35.4 Å². The topological polar surface area (TPSA) is 80.6 Å². The van der Waals surface area contributed by atoms with Gasteiger partial charge in [0.05, 0.1) is 19.4 Å². The minimum absolute atomic E-state index is 0.115. The summed E-state index contributed by atoms with van der Waals surface area (Å²) in [6.07, 6.45) is 1.53. The summed E-state index contributed by atoms with van der Waals surface area (Å²) >= 11 is 0. The van der Waals surface area contributed by atoms with Crippen LogP contribution in [0.3, 0.4) is 0 Å². The molecule has 0 bridgehead atoms. The molecule has 6 heteroatoms. The SMILES string of the molecule is O=C(CNC(=O)COc1ccc(-c2ccccc2)cc1)NCc1ccco1. The predicted octanol–water partition coefficient (Wildman–Crippen LogP) is 2.76. The van der Waals surface area contributed by atoms with Crippen molar-refractivity contribution in [2.24, 2.45) is 0 Å². The molecule has 138 valence electrons. The summed E-state index contributed by atoms with van der Waals surface area (Å²) in [6, 6.07) is 21.0. The van der Waals surface area contributed by atoms with Gasteiger partial charge in [-0.1, -0.05) is 42.5 Å². The molecule has 1 heterocycles. The molecular formula is C21H20N2O4. The molecule has 3 rings (SSSR count). The van der Waals surface area contributed by atoms with Crippen molar-refractivity contribution in [3.63, 3.8) is 0 Å². The van der Waals surface area contributed by atoms with Crippen LogP contribution in [0.2, 0.25) is 0 Å². The Hall–Kier alpha value is -3.54. The number of furan rings is 1. The van der Waals surface area contributed by atoms with E-state index in [0.717, 1.165) is 11.1 Å². The van der Waals surface area contributed by atoms with Crippen LogP contribution in [0.15, 0.2) is 77.4 Å². The number of ether oxygens (including phenoxy) is 1. The van der Waals surface area contributed by atoms with Crippen molar-refractivity contribution in [3.8, 4) is 16.9 Å². The largest absolute Gasteiger partial charge is 0.484 e. The Morgan fingerprint density at radius 3 is 2.26 bits per heavy atom. The lowest BCUT2D eigenvalue weighted by atomic mass is 10.1. The lowest BCUT2D eigenvalue weighted by Gasteiger charge is -2.08. The average molecular weight is 364 g/mol. The van der Waals surface area contributed by atoms with Crippen LogP contribution in [0.5, 0.6) is 5.75 Å². The maximum Gasteiger partial charge on any atom is 0.258 e. The monoisotopic (exact) mass is 364 g/mol. The number of amides is 2. The highest BCUT2D eigenvalue weighted by molar-refractivity contribution is 5.85. The smallest absolute Gasteiger partial charge is 0.258 e. The Balaban J connectivity index is 1.38. The molecule has 0 atom stereocenters. The van der Waals surface area contributed by atoms with E-state index in [-0.39, 0.29) is 31.5 Å². The molecule has 0 spiro atoms. The molecule has 0 saturated heterocycles. The first-order valence-corrected chi connectivity index (χ1v) is 8.55. The fourth-order valence-electron chi connectivity index (χ4n) is 2.41. The molecule has 1 aromatic heterocycles. The first-order chi connectivity index (χ1) is 13.2.